The maximum atomic E-state index is 13.0. The number of hydrogen-bond donors (Lipinski definition) is 6. The Morgan fingerprint density at radius 2 is 0.899 bits per heavy atom. The van der Waals surface area contributed by atoms with Gasteiger partial charge in [-0.05, 0) is 51.4 Å². The first kappa shape index (κ1) is 65.2. The van der Waals surface area contributed by atoms with Crippen molar-refractivity contribution in [3.05, 3.63) is 48.6 Å². The molecular formula is C60H111NO8. The lowest BCUT2D eigenvalue weighted by Gasteiger charge is -2.40. The van der Waals surface area contributed by atoms with Gasteiger partial charge in [0.1, 0.15) is 24.4 Å². The van der Waals surface area contributed by atoms with E-state index in [2.05, 4.69) is 67.8 Å². The van der Waals surface area contributed by atoms with Gasteiger partial charge in [0.05, 0.1) is 25.4 Å². The van der Waals surface area contributed by atoms with Crippen LogP contribution in [0.15, 0.2) is 48.6 Å². The Balaban J connectivity index is 2.17. The number of aliphatic hydroxyl groups excluding tert-OH is 5. The van der Waals surface area contributed by atoms with Crippen LogP contribution in [0.2, 0.25) is 0 Å². The van der Waals surface area contributed by atoms with Crippen LogP contribution in [0.3, 0.4) is 0 Å². The Labute approximate surface area is 424 Å². The van der Waals surface area contributed by atoms with E-state index in [-0.39, 0.29) is 12.5 Å². The lowest BCUT2D eigenvalue weighted by molar-refractivity contribution is -0.302. The van der Waals surface area contributed by atoms with Gasteiger partial charge in [0.2, 0.25) is 5.91 Å². The van der Waals surface area contributed by atoms with Gasteiger partial charge in [-0.3, -0.25) is 4.79 Å². The summed E-state index contributed by atoms with van der Waals surface area (Å²) >= 11 is 0. The quantitative estimate of drug-likeness (QED) is 0.0261. The maximum absolute atomic E-state index is 13.0. The molecule has 7 atom stereocenters. The molecule has 1 heterocycles. The van der Waals surface area contributed by atoms with Gasteiger partial charge in [-0.15, -0.1) is 0 Å². The van der Waals surface area contributed by atoms with E-state index in [9.17, 15) is 30.3 Å². The molecule has 1 saturated heterocycles. The van der Waals surface area contributed by atoms with Gasteiger partial charge in [0, 0.05) is 6.42 Å². The SMILES string of the molecule is CC/C=C\C/C=C\C/C=C\C/C=C\CCCCCCC(=O)NC(COC1OC(CO)C(O)C(O)C1O)C(O)CCCCCCCCCCCCCCCCCCCCCCCCCCCCCCC. The van der Waals surface area contributed by atoms with Gasteiger partial charge < -0.3 is 40.3 Å². The third-order valence-corrected chi connectivity index (χ3v) is 13.9. The monoisotopic (exact) mass is 974 g/mol. The Kier molecular flexibility index (Phi) is 47.0. The first-order valence-corrected chi connectivity index (χ1v) is 29.3. The highest BCUT2D eigenvalue weighted by Crippen LogP contribution is 2.23. The van der Waals surface area contributed by atoms with E-state index in [1.54, 1.807) is 0 Å². The zero-order valence-electron chi connectivity index (χ0n) is 44.8. The molecule has 404 valence electrons. The maximum Gasteiger partial charge on any atom is 0.220 e. The zero-order valence-corrected chi connectivity index (χ0v) is 44.8. The van der Waals surface area contributed by atoms with Crippen molar-refractivity contribution in [2.45, 2.75) is 314 Å². The van der Waals surface area contributed by atoms with E-state index in [1.165, 1.54) is 167 Å². The molecule has 0 aromatic heterocycles. The molecule has 0 spiro atoms. The number of carbonyl (C=O) groups excluding carboxylic acids is 1. The van der Waals surface area contributed by atoms with Crippen LogP contribution in [-0.4, -0.2) is 87.5 Å². The van der Waals surface area contributed by atoms with Crippen LogP contribution in [0.1, 0.15) is 271 Å². The van der Waals surface area contributed by atoms with Crippen LogP contribution in [0.25, 0.3) is 0 Å². The van der Waals surface area contributed by atoms with Gasteiger partial charge in [-0.1, -0.05) is 262 Å². The second-order valence-corrected chi connectivity index (χ2v) is 20.4. The summed E-state index contributed by atoms with van der Waals surface area (Å²) in [5.41, 5.74) is 0. The Bertz CT molecular complexity index is 1220. The minimum Gasteiger partial charge on any atom is -0.394 e. The number of carbonyl (C=O) groups is 1. The fourth-order valence-corrected chi connectivity index (χ4v) is 9.33. The zero-order chi connectivity index (χ0) is 50.1. The highest BCUT2D eigenvalue weighted by atomic mass is 16.7. The molecule has 1 rings (SSSR count). The molecular weight excluding hydrogens is 863 g/mol. The molecule has 7 unspecified atom stereocenters. The lowest BCUT2D eigenvalue weighted by atomic mass is 9.99. The average molecular weight is 975 g/mol. The Hall–Kier alpha value is -1.85. The average Bonchev–Trinajstić information content (AvgIpc) is 3.35. The van der Waals surface area contributed by atoms with Crippen molar-refractivity contribution in [3.63, 3.8) is 0 Å². The van der Waals surface area contributed by atoms with Crippen molar-refractivity contribution in [1.82, 2.24) is 5.32 Å². The van der Waals surface area contributed by atoms with Crippen molar-refractivity contribution in [3.8, 4) is 0 Å². The number of ether oxygens (including phenoxy) is 2. The summed E-state index contributed by atoms with van der Waals surface area (Å²) in [4.78, 5) is 13.0. The number of allylic oxidation sites excluding steroid dienone is 8. The predicted octanol–water partition coefficient (Wildman–Crippen LogP) is 14.5. The second-order valence-electron chi connectivity index (χ2n) is 20.4. The second kappa shape index (κ2) is 49.7. The standard InChI is InChI=1S/C60H111NO8/c1-3-5-7-9-11-13-15-17-19-21-22-23-24-25-26-27-28-29-30-31-32-34-35-37-39-41-43-45-47-49-54(63)53(52-68-60-59(67)58(66)57(65)55(51-62)69-60)61-56(64)50-48-46-44-42-40-38-36-33-20-18-16-14-12-10-8-6-4-2/h6,8,12,14,18,20,36,38,53-55,57-60,62-63,65-67H,3-5,7,9-11,13,15-17,19,21-35,37,39-52H2,1-2H3,(H,61,64)/b8-6-,14-12-,20-18-,38-36-. The van der Waals surface area contributed by atoms with Crippen molar-refractivity contribution >= 4 is 5.91 Å². The van der Waals surface area contributed by atoms with E-state index < -0.39 is 49.5 Å². The van der Waals surface area contributed by atoms with Crippen molar-refractivity contribution < 1.29 is 39.8 Å². The first-order valence-electron chi connectivity index (χ1n) is 29.3. The summed E-state index contributed by atoms with van der Waals surface area (Å²) in [6.07, 6.45) is 58.7. The summed E-state index contributed by atoms with van der Waals surface area (Å²) in [5.74, 6) is -0.166. The molecule has 0 aromatic carbocycles. The van der Waals surface area contributed by atoms with Crippen LogP contribution in [0.5, 0.6) is 0 Å². The molecule has 0 aliphatic carbocycles. The van der Waals surface area contributed by atoms with E-state index in [4.69, 9.17) is 9.47 Å². The van der Waals surface area contributed by atoms with Crippen molar-refractivity contribution in [2.24, 2.45) is 0 Å². The Morgan fingerprint density at radius 1 is 0.507 bits per heavy atom. The molecule has 69 heavy (non-hydrogen) atoms. The third-order valence-electron chi connectivity index (χ3n) is 13.9. The van der Waals surface area contributed by atoms with Crippen LogP contribution in [-0.2, 0) is 14.3 Å². The highest BCUT2D eigenvalue weighted by Gasteiger charge is 2.44. The minimum atomic E-state index is -1.56. The number of rotatable bonds is 50. The van der Waals surface area contributed by atoms with Crippen LogP contribution >= 0.6 is 0 Å². The van der Waals surface area contributed by atoms with Crippen molar-refractivity contribution in [2.75, 3.05) is 13.2 Å². The number of nitrogens with one attached hydrogen (secondary N) is 1. The van der Waals surface area contributed by atoms with Gasteiger partial charge >= 0.3 is 0 Å². The summed E-state index contributed by atoms with van der Waals surface area (Å²) in [5, 5.41) is 54.7. The number of aliphatic hydroxyl groups is 5. The predicted molar refractivity (Wildman–Crippen MR) is 290 cm³/mol. The number of hydrogen-bond acceptors (Lipinski definition) is 8. The molecule has 9 nitrogen and oxygen atoms in total. The van der Waals surface area contributed by atoms with E-state index in [0.717, 1.165) is 77.0 Å². The third kappa shape index (κ3) is 39.4. The smallest absolute Gasteiger partial charge is 0.220 e. The molecule has 1 amide bonds. The van der Waals surface area contributed by atoms with Crippen LogP contribution < -0.4 is 5.32 Å². The molecule has 0 radical (unpaired) electrons. The molecule has 0 saturated carbocycles. The van der Waals surface area contributed by atoms with Crippen LogP contribution in [0, 0.1) is 0 Å². The fraction of sp³-hybridized carbons (Fsp3) is 0.850. The molecule has 1 aliphatic heterocycles. The molecule has 9 heteroatoms. The Morgan fingerprint density at radius 3 is 1.33 bits per heavy atom. The molecule has 0 bridgehead atoms. The number of amides is 1. The van der Waals surface area contributed by atoms with Gasteiger partial charge in [0.25, 0.3) is 0 Å². The summed E-state index contributed by atoms with van der Waals surface area (Å²) in [6, 6.07) is -0.734. The van der Waals surface area contributed by atoms with Crippen molar-refractivity contribution in [1.29, 1.82) is 0 Å². The molecule has 0 aromatic rings. The lowest BCUT2D eigenvalue weighted by Crippen LogP contribution is -2.60. The largest absolute Gasteiger partial charge is 0.394 e. The number of unbranched alkanes of at least 4 members (excludes halogenated alkanes) is 32. The van der Waals surface area contributed by atoms with E-state index >= 15 is 0 Å². The van der Waals surface area contributed by atoms with E-state index in [1.807, 2.05) is 0 Å². The summed E-state index contributed by atoms with van der Waals surface area (Å²) in [6.45, 7) is 3.73. The topological polar surface area (TPSA) is 149 Å². The van der Waals surface area contributed by atoms with Gasteiger partial charge in [0.15, 0.2) is 6.29 Å². The van der Waals surface area contributed by atoms with Gasteiger partial charge in [-0.25, -0.2) is 0 Å². The highest BCUT2D eigenvalue weighted by molar-refractivity contribution is 5.76. The van der Waals surface area contributed by atoms with Crippen LogP contribution in [0.4, 0.5) is 0 Å². The van der Waals surface area contributed by atoms with E-state index in [0.29, 0.717) is 12.8 Å². The minimum absolute atomic E-state index is 0.149. The fourth-order valence-electron chi connectivity index (χ4n) is 9.33. The van der Waals surface area contributed by atoms with Gasteiger partial charge in [-0.2, -0.15) is 0 Å². The normalized spacial score (nSPS) is 19.8. The summed E-state index contributed by atoms with van der Waals surface area (Å²) in [7, 11) is 0. The first-order chi connectivity index (χ1) is 33.8. The molecule has 1 fully saturated rings. The molecule has 1 aliphatic rings. The molecule has 6 N–H and O–H groups in total. The summed E-state index contributed by atoms with van der Waals surface area (Å²) < 4.78 is 11.3.